The van der Waals surface area contributed by atoms with Crippen molar-refractivity contribution in [1.82, 2.24) is 4.98 Å². The number of nitrogens with zero attached hydrogens (tertiary/aromatic N) is 1. The molecule has 0 unspecified atom stereocenters. The number of hydrogen-bond donors (Lipinski definition) is 1. The largest absolute Gasteiger partial charge is 0.494 e. The first-order chi connectivity index (χ1) is 12.3. The Morgan fingerprint density at radius 1 is 0.960 bits per heavy atom. The van der Waals surface area contributed by atoms with Gasteiger partial charge in [-0.1, -0.05) is 56.5 Å². The molecule has 0 spiro atoms. The predicted octanol–water partition coefficient (Wildman–Crippen LogP) is 5.37. The number of pyridine rings is 1. The average Bonchev–Trinajstić information content (AvgIpc) is 2.63. The summed E-state index contributed by atoms with van der Waals surface area (Å²) in [5, 5.41) is 1.01. The summed E-state index contributed by atoms with van der Waals surface area (Å²) in [5.41, 5.74) is 10.1. The summed E-state index contributed by atoms with van der Waals surface area (Å²) in [4.78, 5) is 4.72. The van der Waals surface area contributed by atoms with Gasteiger partial charge in [0.1, 0.15) is 5.75 Å². The molecule has 0 aliphatic rings. The number of ether oxygens (including phenoxy) is 1. The molecule has 1 aromatic heterocycles. The van der Waals surface area contributed by atoms with Crippen molar-refractivity contribution in [3.8, 4) is 5.75 Å². The summed E-state index contributed by atoms with van der Waals surface area (Å²) in [6.07, 6.45) is 5.66. The Bertz CT molecular complexity index is 812. The molecule has 0 atom stereocenters. The molecule has 0 radical (unpaired) electrons. The zero-order valence-electron chi connectivity index (χ0n) is 14.9. The van der Waals surface area contributed by atoms with Crippen molar-refractivity contribution in [2.45, 2.75) is 39.0 Å². The first-order valence-corrected chi connectivity index (χ1v) is 9.12. The monoisotopic (exact) mass is 334 g/mol. The zero-order valence-corrected chi connectivity index (χ0v) is 14.9. The first-order valence-electron chi connectivity index (χ1n) is 9.12. The SMILES string of the molecule is CCCCCCOc1ccc(Cc2cc(N)c3ccccc3n2)cc1. The number of benzene rings is 2. The lowest BCUT2D eigenvalue weighted by molar-refractivity contribution is 0.305. The van der Waals surface area contributed by atoms with Gasteiger partial charge in [-0.3, -0.25) is 4.98 Å². The van der Waals surface area contributed by atoms with E-state index in [4.69, 9.17) is 15.5 Å². The van der Waals surface area contributed by atoms with Crippen LogP contribution >= 0.6 is 0 Å². The summed E-state index contributed by atoms with van der Waals surface area (Å²) in [7, 11) is 0. The number of fused-ring (bicyclic) bond motifs is 1. The Morgan fingerprint density at radius 3 is 2.56 bits per heavy atom. The van der Waals surface area contributed by atoms with Crippen molar-refractivity contribution in [2.24, 2.45) is 0 Å². The van der Waals surface area contributed by atoms with Crippen LogP contribution in [0.5, 0.6) is 5.75 Å². The standard InChI is InChI=1S/C22H26N2O/c1-2-3-4-7-14-25-19-12-10-17(11-13-19)15-18-16-21(23)20-8-5-6-9-22(20)24-18/h5-6,8-13,16H,2-4,7,14-15H2,1H3,(H2,23,24). The minimum Gasteiger partial charge on any atom is -0.494 e. The van der Waals surface area contributed by atoms with Gasteiger partial charge in [-0.05, 0) is 36.2 Å². The van der Waals surface area contributed by atoms with E-state index in [2.05, 4.69) is 19.1 Å². The van der Waals surface area contributed by atoms with E-state index in [0.29, 0.717) is 0 Å². The molecular weight excluding hydrogens is 308 g/mol. The van der Waals surface area contributed by atoms with Crippen LogP contribution in [0.1, 0.15) is 43.9 Å². The molecule has 130 valence electrons. The third kappa shape index (κ3) is 4.72. The molecule has 0 bridgehead atoms. The van der Waals surface area contributed by atoms with Crippen molar-refractivity contribution >= 4 is 16.6 Å². The van der Waals surface area contributed by atoms with E-state index in [0.717, 1.165) is 47.5 Å². The molecule has 2 aromatic carbocycles. The van der Waals surface area contributed by atoms with Gasteiger partial charge in [0.05, 0.1) is 12.1 Å². The summed E-state index contributed by atoms with van der Waals surface area (Å²) >= 11 is 0. The molecule has 0 saturated carbocycles. The number of unbranched alkanes of at least 4 members (excludes halogenated alkanes) is 3. The summed E-state index contributed by atoms with van der Waals surface area (Å²) in [6, 6.07) is 18.3. The average molecular weight is 334 g/mol. The predicted molar refractivity (Wildman–Crippen MR) is 105 cm³/mol. The van der Waals surface area contributed by atoms with Crippen molar-refractivity contribution in [3.63, 3.8) is 0 Å². The second-order valence-corrected chi connectivity index (χ2v) is 6.45. The molecule has 1 heterocycles. The number of hydrogen-bond acceptors (Lipinski definition) is 3. The highest BCUT2D eigenvalue weighted by Gasteiger charge is 2.04. The van der Waals surface area contributed by atoms with Gasteiger partial charge >= 0.3 is 0 Å². The molecular formula is C22H26N2O. The van der Waals surface area contributed by atoms with Gasteiger partial charge in [-0.2, -0.15) is 0 Å². The summed E-state index contributed by atoms with van der Waals surface area (Å²) in [6.45, 7) is 3.01. The van der Waals surface area contributed by atoms with Crippen molar-refractivity contribution < 1.29 is 4.74 Å². The minimum atomic E-state index is 0.770. The third-order valence-electron chi connectivity index (χ3n) is 4.38. The zero-order chi connectivity index (χ0) is 17.5. The number of para-hydroxylation sites is 1. The lowest BCUT2D eigenvalue weighted by atomic mass is 10.1. The van der Waals surface area contributed by atoms with Crippen molar-refractivity contribution in [1.29, 1.82) is 0 Å². The molecule has 0 amide bonds. The highest BCUT2D eigenvalue weighted by atomic mass is 16.5. The topological polar surface area (TPSA) is 48.1 Å². The molecule has 0 aliphatic carbocycles. The smallest absolute Gasteiger partial charge is 0.119 e. The van der Waals surface area contributed by atoms with Crippen LogP contribution < -0.4 is 10.5 Å². The van der Waals surface area contributed by atoms with Crippen LogP contribution in [0.15, 0.2) is 54.6 Å². The van der Waals surface area contributed by atoms with Crippen LogP contribution in [0, 0.1) is 0 Å². The van der Waals surface area contributed by atoms with Crippen LogP contribution in [-0.4, -0.2) is 11.6 Å². The van der Waals surface area contributed by atoms with Gasteiger partial charge in [-0.15, -0.1) is 0 Å². The summed E-state index contributed by atoms with van der Waals surface area (Å²) < 4.78 is 5.80. The second kappa shape index (κ2) is 8.52. The van der Waals surface area contributed by atoms with E-state index in [9.17, 15) is 0 Å². The highest BCUT2D eigenvalue weighted by Crippen LogP contribution is 2.22. The molecule has 0 aliphatic heterocycles. The van der Waals surface area contributed by atoms with Crippen molar-refractivity contribution in [3.05, 3.63) is 65.9 Å². The Labute approximate surface area is 149 Å². The molecule has 25 heavy (non-hydrogen) atoms. The summed E-state index contributed by atoms with van der Waals surface area (Å²) in [5.74, 6) is 0.936. The lowest BCUT2D eigenvalue weighted by Crippen LogP contribution is -1.99. The fourth-order valence-corrected chi connectivity index (χ4v) is 2.98. The Hall–Kier alpha value is -2.55. The van der Waals surface area contributed by atoms with Crippen LogP contribution in [0.2, 0.25) is 0 Å². The van der Waals surface area contributed by atoms with E-state index in [1.165, 1.54) is 24.8 Å². The lowest BCUT2D eigenvalue weighted by Gasteiger charge is -2.08. The van der Waals surface area contributed by atoms with E-state index < -0.39 is 0 Å². The normalized spacial score (nSPS) is 10.9. The van der Waals surface area contributed by atoms with Gasteiger partial charge in [0.25, 0.3) is 0 Å². The first kappa shape index (κ1) is 17.3. The van der Waals surface area contributed by atoms with Gasteiger partial charge in [0.15, 0.2) is 0 Å². The maximum atomic E-state index is 6.16. The second-order valence-electron chi connectivity index (χ2n) is 6.45. The fourth-order valence-electron chi connectivity index (χ4n) is 2.98. The molecule has 3 nitrogen and oxygen atoms in total. The Morgan fingerprint density at radius 2 is 1.76 bits per heavy atom. The highest BCUT2D eigenvalue weighted by molar-refractivity contribution is 5.90. The number of aromatic nitrogens is 1. The van der Waals surface area contributed by atoms with E-state index >= 15 is 0 Å². The fraction of sp³-hybridized carbons (Fsp3) is 0.318. The van der Waals surface area contributed by atoms with Crippen LogP contribution in [0.3, 0.4) is 0 Å². The quantitative estimate of drug-likeness (QED) is 0.564. The minimum absolute atomic E-state index is 0.770. The number of anilines is 1. The van der Waals surface area contributed by atoms with Crippen molar-refractivity contribution in [2.75, 3.05) is 12.3 Å². The Balaban J connectivity index is 1.61. The molecule has 0 saturated heterocycles. The third-order valence-corrected chi connectivity index (χ3v) is 4.38. The maximum Gasteiger partial charge on any atom is 0.119 e. The maximum absolute atomic E-state index is 6.16. The van der Waals surface area contributed by atoms with Crippen LogP contribution in [0.25, 0.3) is 10.9 Å². The van der Waals surface area contributed by atoms with Gasteiger partial charge < -0.3 is 10.5 Å². The molecule has 3 rings (SSSR count). The number of rotatable bonds is 8. The molecule has 0 fully saturated rings. The molecule has 3 aromatic rings. The number of nitrogen functional groups attached to an aromatic ring is 1. The van der Waals surface area contributed by atoms with Crippen LogP contribution in [0.4, 0.5) is 5.69 Å². The van der Waals surface area contributed by atoms with E-state index in [1.807, 2.05) is 42.5 Å². The molecule has 2 N–H and O–H groups in total. The van der Waals surface area contributed by atoms with Gasteiger partial charge in [-0.25, -0.2) is 0 Å². The van der Waals surface area contributed by atoms with Gasteiger partial charge in [0, 0.05) is 23.2 Å². The number of nitrogens with two attached hydrogens (primary N) is 1. The van der Waals surface area contributed by atoms with Crippen LogP contribution in [-0.2, 0) is 6.42 Å². The van der Waals surface area contributed by atoms with E-state index in [-0.39, 0.29) is 0 Å². The van der Waals surface area contributed by atoms with Gasteiger partial charge in [0.2, 0.25) is 0 Å². The van der Waals surface area contributed by atoms with E-state index in [1.54, 1.807) is 0 Å². The Kier molecular flexibility index (Phi) is 5.89. The molecule has 3 heteroatoms.